The van der Waals surface area contributed by atoms with Crippen LogP contribution in [0, 0.1) is 17.8 Å². The van der Waals surface area contributed by atoms with Crippen LogP contribution in [0.3, 0.4) is 0 Å². The molecule has 11 heteroatoms. The molecule has 0 bridgehead atoms. The van der Waals surface area contributed by atoms with Crippen LogP contribution in [0.5, 0.6) is 0 Å². The summed E-state index contributed by atoms with van der Waals surface area (Å²) in [5.74, 6) is -0.964. The third-order valence-corrected chi connectivity index (χ3v) is 9.32. The Balaban J connectivity index is 1.47. The number of benzene rings is 2. The van der Waals surface area contributed by atoms with Gasteiger partial charge in [0.2, 0.25) is 23.6 Å². The van der Waals surface area contributed by atoms with E-state index in [9.17, 15) is 24.0 Å². The van der Waals surface area contributed by atoms with Gasteiger partial charge >= 0.3 is 0 Å². The van der Waals surface area contributed by atoms with Crippen LogP contribution in [0.25, 0.3) is 0 Å². The number of likely N-dealkylation sites (tertiary alicyclic amines) is 1. The number of Topliss-reactive ketones (excluding diaryl/α,β-unsaturated/α-hetero) is 1. The minimum Gasteiger partial charge on any atom is -0.343 e. The van der Waals surface area contributed by atoms with E-state index in [1.165, 1.54) is 0 Å². The number of hydrogen-bond donors (Lipinski definition) is 5. The van der Waals surface area contributed by atoms with Gasteiger partial charge in [0.15, 0.2) is 0 Å². The van der Waals surface area contributed by atoms with Crippen LogP contribution in [0.1, 0.15) is 63.5 Å². The van der Waals surface area contributed by atoms with Crippen molar-refractivity contribution in [3.8, 4) is 0 Å². The third-order valence-electron chi connectivity index (χ3n) is 9.32. The Morgan fingerprint density at radius 3 is 1.83 bits per heavy atom. The van der Waals surface area contributed by atoms with E-state index in [0.717, 1.165) is 11.1 Å². The highest BCUT2D eigenvalue weighted by Crippen LogP contribution is 2.36. The SMILES string of the molecule is CC(C)CC(NC(=O)C(Cc1ccccc1)NC(=O)C(N)Cc1ccccc1)C(=O)NC(CCCCN)C(=O)N1CC2CC(=O)CC2C1. The second-order valence-electron chi connectivity index (χ2n) is 13.8. The average Bonchev–Trinajstić information content (AvgIpc) is 3.61. The lowest BCUT2D eigenvalue weighted by Crippen LogP contribution is -2.58. The lowest BCUT2D eigenvalue weighted by atomic mass is 9.99. The van der Waals surface area contributed by atoms with Gasteiger partial charge in [0, 0.05) is 32.4 Å². The molecule has 1 aliphatic heterocycles. The molecule has 260 valence electrons. The predicted molar refractivity (Wildman–Crippen MR) is 184 cm³/mol. The van der Waals surface area contributed by atoms with E-state index in [2.05, 4.69) is 16.0 Å². The average molecular weight is 661 g/mol. The first-order valence-corrected chi connectivity index (χ1v) is 17.3. The summed E-state index contributed by atoms with van der Waals surface area (Å²) in [4.78, 5) is 68.4. The largest absolute Gasteiger partial charge is 0.343 e. The summed E-state index contributed by atoms with van der Waals surface area (Å²) < 4.78 is 0. The van der Waals surface area contributed by atoms with Gasteiger partial charge < -0.3 is 32.3 Å². The van der Waals surface area contributed by atoms with E-state index in [1.807, 2.05) is 74.5 Å². The van der Waals surface area contributed by atoms with Crippen LogP contribution in [-0.2, 0) is 36.8 Å². The van der Waals surface area contributed by atoms with Crippen molar-refractivity contribution in [1.82, 2.24) is 20.9 Å². The van der Waals surface area contributed by atoms with E-state index in [-0.39, 0.29) is 35.9 Å². The van der Waals surface area contributed by atoms with Crippen LogP contribution >= 0.6 is 0 Å². The number of nitrogens with one attached hydrogen (secondary N) is 3. The molecular formula is C37H52N6O5. The molecule has 0 radical (unpaired) electrons. The van der Waals surface area contributed by atoms with Crippen molar-refractivity contribution in [2.45, 2.75) is 89.4 Å². The summed E-state index contributed by atoms with van der Waals surface area (Å²) in [6, 6.07) is 15.2. The molecule has 4 amide bonds. The minimum absolute atomic E-state index is 0.0457. The fourth-order valence-electron chi connectivity index (χ4n) is 6.77. The van der Waals surface area contributed by atoms with E-state index in [0.29, 0.717) is 64.6 Å². The van der Waals surface area contributed by atoms with Crippen molar-refractivity contribution in [3.63, 3.8) is 0 Å². The molecule has 0 spiro atoms. The van der Waals surface area contributed by atoms with Gasteiger partial charge in [-0.3, -0.25) is 24.0 Å². The monoisotopic (exact) mass is 660 g/mol. The van der Waals surface area contributed by atoms with Crippen molar-refractivity contribution in [2.75, 3.05) is 19.6 Å². The molecule has 0 aromatic heterocycles. The van der Waals surface area contributed by atoms with Crippen LogP contribution in [0.2, 0.25) is 0 Å². The van der Waals surface area contributed by atoms with Crippen LogP contribution in [-0.4, -0.2) is 78.1 Å². The summed E-state index contributed by atoms with van der Waals surface area (Å²) in [7, 11) is 0. The van der Waals surface area contributed by atoms with Gasteiger partial charge in [-0.25, -0.2) is 0 Å². The topological polar surface area (TPSA) is 177 Å². The zero-order valence-corrected chi connectivity index (χ0v) is 28.2. The standard InChI is InChI=1S/C37H52N6O5/c1-24(2)17-32(35(46)40-31(15-9-10-16-38)37(48)43-22-27-20-29(44)21-28(27)23-43)42-36(47)33(19-26-13-7-4-8-14-26)41-34(45)30(39)18-25-11-5-3-6-12-25/h3-8,11-14,24,27-28,30-33H,9-10,15-23,38-39H2,1-2H3,(H,40,46)(H,41,45)(H,42,47). The first-order valence-electron chi connectivity index (χ1n) is 17.3. The number of amides is 4. The highest BCUT2D eigenvalue weighted by atomic mass is 16.2. The smallest absolute Gasteiger partial charge is 0.245 e. The zero-order valence-electron chi connectivity index (χ0n) is 28.2. The number of nitrogens with zero attached hydrogens (tertiary/aromatic N) is 1. The van der Waals surface area contributed by atoms with Gasteiger partial charge in [-0.1, -0.05) is 74.5 Å². The molecule has 1 heterocycles. The van der Waals surface area contributed by atoms with Crippen LogP contribution in [0.15, 0.2) is 60.7 Å². The van der Waals surface area contributed by atoms with E-state index in [4.69, 9.17) is 11.5 Å². The molecule has 1 saturated carbocycles. The Kier molecular flexibility index (Phi) is 13.7. The number of carbonyl (C=O) groups is 5. The number of unbranched alkanes of at least 4 members (excludes halogenated alkanes) is 1. The van der Waals surface area contributed by atoms with E-state index >= 15 is 0 Å². The predicted octanol–water partition coefficient (Wildman–Crippen LogP) is 1.87. The maximum Gasteiger partial charge on any atom is 0.245 e. The van der Waals surface area contributed by atoms with Crippen molar-refractivity contribution in [1.29, 1.82) is 0 Å². The first kappa shape index (κ1) is 36.7. The number of fused-ring (bicyclic) bond motifs is 1. The summed E-state index contributed by atoms with van der Waals surface area (Å²) in [5.41, 5.74) is 13.7. The normalized spacial score (nSPS) is 19.7. The molecule has 4 rings (SSSR count). The molecule has 6 atom stereocenters. The lowest BCUT2D eigenvalue weighted by Gasteiger charge is -2.29. The van der Waals surface area contributed by atoms with Crippen molar-refractivity contribution >= 4 is 29.4 Å². The Morgan fingerprint density at radius 1 is 0.750 bits per heavy atom. The first-order chi connectivity index (χ1) is 23.0. The number of rotatable bonds is 17. The summed E-state index contributed by atoms with van der Waals surface area (Å²) in [6.07, 6.45) is 3.61. The maximum atomic E-state index is 13.9. The zero-order chi connectivity index (χ0) is 34.6. The molecule has 2 aromatic rings. The van der Waals surface area contributed by atoms with Crippen molar-refractivity contribution in [3.05, 3.63) is 71.8 Å². The van der Waals surface area contributed by atoms with E-state index < -0.39 is 41.9 Å². The Bertz CT molecular complexity index is 1370. The van der Waals surface area contributed by atoms with Gasteiger partial charge in [-0.05, 0) is 67.5 Å². The molecular weight excluding hydrogens is 608 g/mol. The van der Waals surface area contributed by atoms with Gasteiger partial charge in [0.25, 0.3) is 0 Å². The van der Waals surface area contributed by atoms with E-state index in [1.54, 1.807) is 4.90 Å². The summed E-state index contributed by atoms with van der Waals surface area (Å²) in [6.45, 7) is 5.40. The number of carbonyl (C=O) groups excluding carboxylic acids is 5. The molecule has 6 unspecified atom stereocenters. The molecule has 11 nitrogen and oxygen atoms in total. The second-order valence-corrected chi connectivity index (χ2v) is 13.8. The van der Waals surface area contributed by atoms with Crippen molar-refractivity contribution < 1.29 is 24.0 Å². The minimum atomic E-state index is -0.988. The van der Waals surface area contributed by atoms with Crippen LogP contribution < -0.4 is 27.4 Å². The number of nitrogens with two attached hydrogens (primary N) is 2. The molecule has 2 aromatic carbocycles. The van der Waals surface area contributed by atoms with Crippen LogP contribution in [0.4, 0.5) is 0 Å². The van der Waals surface area contributed by atoms with Crippen molar-refractivity contribution in [2.24, 2.45) is 29.2 Å². The Hall–Kier alpha value is -4.09. The van der Waals surface area contributed by atoms with Gasteiger partial charge in [-0.15, -0.1) is 0 Å². The molecule has 7 N–H and O–H groups in total. The second kappa shape index (κ2) is 17.9. The third kappa shape index (κ3) is 10.7. The fraction of sp³-hybridized carbons (Fsp3) is 0.541. The Labute approximate surface area is 283 Å². The summed E-state index contributed by atoms with van der Waals surface area (Å²) >= 11 is 0. The fourth-order valence-corrected chi connectivity index (χ4v) is 6.77. The molecule has 48 heavy (non-hydrogen) atoms. The maximum absolute atomic E-state index is 13.9. The number of ketones is 1. The number of hydrogen-bond acceptors (Lipinski definition) is 7. The molecule has 2 aliphatic rings. The summed E-state index contributed by atoms with van der Waals surface area (Å²) in [5, 5.41) is 8.68. The highest BCUT2D eigenvalue weighted by molar-refractivity contribution is 5.95. The highest BCUT2D eigenvalue weighted by Gasteiger charge is 2.43. The molecule has 2 fully saturated rings. The molecule has 1 aliphatic carbocycles. The Morgan fingerprint density at radius 2 is 1.27 bits per heavy atom. The van der Waals surface area contributed by atoms with Gasteiger partial charge in [0.1, 0.15) is 23.9 Å². The van der Waals surface area contributed by atoms with Gasteiger partial charge in [0.05, 0.1) is 6.04 Å². The lowest BCUT2D eigenvalue weighted by molar-refractivity contribution is -0.137. The van der Waals surface area contributed by atoms with Gasteiger partial charge in [-0.2, -0.15) is 0 Å². The molecule has 1 saturated heterocycles. The quantitative estimate of drug-likeness (QED) is 0.161.